The van der Waals surface area contributed by atoms with Gasteiger partial charge >= 0.3 is 0 Å². The Bertz CT molecular complexity index is 384. The maximum atomic E-state index is 10.4. The molecule has 1 heterocycles. The molecule has 0 spiro atoms. The number of benzene rings is 1. The molecular formula is C15H23Cl2NO. The molecule has 3 atom stereocenters. The van der Waals surface area contributed by atoms with E-state index in [1.165, 1.54) is 25.7 Å². The number of halogens is 2. The van der Waals surface area contributed by atoms with E-state index in [0.29, 0.717) is 11.1 Å². The Morgan fingerprint density at radius 3 is 2.89 bits per heavy atom. The number of hydrogen-bond acceptors (Lipinski definition) is 2. The third kappa shape index (κ3) is 4.64. The highest BCUT2D eigenvalue weighted by Gasteiger charge is 2.26. The predicted molar refractivity (Wildman–Crippen MR) is 83.1 cm³/mol. The van der Waals surface area contributed by atoms with Gasteiger partial charge in [-0.3, -0.25) is 0 Å². The summed E-state index contributed by atoms with van der Waals surface area (Å²) >= 11 is 5.97. The van der Waals surface area contributed by atoms with Gasteiger partial charge in [0.1, 0.15) is 0 Å². The molecule has 4 heteroatoms. The summed E-state index contributed by atoms with van der Waals surface area (Å²) < 4.78 is 0. The summed E-state index contributed by atoms with van der Waals surface area (Å²) in [5.74, 6) is 0. The Kier molecular flexibility index (Phi) is 7.16. The molecular weight excluding hydrogens is 281 g/mol. The fraction of sp³-hybridized carbons (Fsp3) is 0.600. The highest BCUT2D eigenvalue weighted by atomic mass is 35.5. The van der Waals surface area contributed by atoms with Gasteiger partial charge in [-0.1, -0.05) is 43.5 Å². The lowest BCUT2D eigenvalue weighted by molar-refractivity contribution is 0.0998. The van der Waals surface area contributed by atoms with E-state index < -0.39 is 6.10 Å². The normalized spacial score (nSPS) is 24.6. The van der Waals surface area contributed by atoms with Crippen molar-refractivity contribution in [1.29, 1.82) is 0 Å². The third-order valence-electron chi connectivity index (χ3n) is 3.73. The fourth-order valence-corrected chi connectivity index (χ4v) is 3.00. The molecule has 1 saturated heterocycles. The molecule has 0 aromatic heterocycles. The lowest BCUT2D eigenvalue weighted by Gasteiger charge is -2.34. The number of piperidine rings is 1. The maximum Gasteiger partial charge on any atom is 0.0943 e. The second kappa shape index (κ2) is 8.11. The van der Waals surface area contributed by atoms with Gasteiger partial charge in [0.15, 0.2) is 0 Å². The smallest absolute Gasteiger partial charge is 0.0943 e. The largest absolute Gasteiger partial charge is 0.387 e. The van der Waals surface area contributed by atoms with Gasteiger partial charge in [-0.25, -0.2) is 0 Å². The molecule has 1 fully saturated rings. The monoisotopic (exact) mass is 303 g/mol. The molecule has 0 aliphatic carbocycles. The van der Waals surface area contributed by atoms with Crippen LogP contribution in [0.15, 0.2) is 24.3 Å². The van der Waals surface area contributed by atoms with E-state index in [1.807, 2.05) is 24.3 Å². The van der Waals surface area contributed by atoms with E-state index in [4.69, 9.17) is 11.6 Å². The van der Waals surface area contributed by atoms with Crippen molar-refractivity contribution in [3.63, 3.8) is 0 Å². The van der Waals surface area contributed by atoms with E-state index >= 15 is 0 Å². The summed E-state index contributed by atoms with van der Waals surface area (Å²) in [6.45, 7) is 2.21. The number of aliphatic hydroxyl groups is 1. The van der Waals surface area contributed by atoms with E-state index in [2.05, 4.69) is 12.2 Å². The zero-order valence-corrected chi connectivity index (χ0v) is 12.9. The molecule has 0 amide bonds. The van der Waals surface area contributed by atoms with Crippen LogP contribution in [0.5, 0.6) is 0 Å². The van der Waals surface area contributed by atoms with Crippen molar-refractivity contribution in [2.75, 3.05) is 0 Å². The minimum Gasteiger partial charge on any atom is -0.387 e. The average Bonchev–Trinajstić information content (AvgIpc) is 2.39. The van der Waals surface area contributed by atoms with Crippen LogP contribution in [-0.4, -0.2) is 17.2 Å². The second-order valence-electron chi connectivity index (χ2n) is 5.19. The van der Waals surface area contributed by atoms with E-state index in [9.17, 15) is 5.11 Å². The van der Waals surface area contributed by atoms with Crippen molar-refractivity contribution in [2.24, 2.45) is 0 Å². The van der Waals surface area contributed by atoms with Crippen LogP contribution < -0.4 is 5.32 Å². The second-order valence-corrected chi connectivity index (χ2v) is 5.63. The number of rotatable bonds is 4. The van der Waals surface area contributed by atoms with Crippen molar-refractivity contribution in [3.8, 4) is 0 Å². The standard InChI is InChI=1S/C15H22ClNO.ClH/c1-2-5-13-8-4-9-14(17-13)15(18)11-6-3-7-12(16)10-11;/h3,6-7,10,13-15,17-18H,2,4-5,8-9H2,1H3;1H/t13-,14-,15+;/m0./s1. The fourth-order valence-electron chi connectivity index (χ4n) is 2.80. The molecule has 1 aliphatic heterocycles. The molecule has 0 unspecified atom stereocenters. The van der Waals surface area contributed by atoms with E-state index in [0.717, 1.165) is 12.0 Å². The lowest BCUT2D eigenvalue weighted by atomic mass is 9.90. The Morgan fingerprint density at radius 2 is 2.21 bits per heavy atom. The molecule has 108 valence electrons. The highest BCUT2D eigenvalue weighted by Crippen LogP contribution is 2.27. The molecule has 1 aromatic carbocycles. The summed E-state index contributed by atoms with van der Waals surface area (Å²) in [5, 5.41) is 14.7. The zero-order chi connectivity index (χ0) is 13.0. The first-order valence-electron chi connectivity index (χ1n) is 6.90. The summed E-state index contributed by atoms with van der Waals surface area (Å²) in [4.78, 5) is 0. The molecule has 19 heavy (non-hydrogen) atoms. The zero-order valence-electron chi connectivity index (χ0n) is 11.3. The lowest BCUT2D eigenvalue weighted by Crippen LogP contribution is -2.45. The first-order valence-corrected chi connectivity index (χ1v) is 7.28. The highest BCUT2D eigenvalue weighted by molar-refractivity contribution is 6.30. The van der Waals surface area contributed by atoms with Crippen molar-refractivity contribution in [2.45, 2.75) is 57.2 Å². The average molecular weight is 304 g/mol. The third-order valence-corrected chi connectivity index (χ3v) is 3.96. The first kappa shape index (κ1) is 16.8. The Balaban J connectivity index is 0.00000180. The van der Waals surface area contributed by atoms with Crippen LogP contribution in [0.3, 0.4) is 0 Å². The van der Waals surface area contributed by atoms with Crippen LogP contribution in [0, 0.1) is 0 Å². The van der Waals surface area contributed by atoms with Crippen LogP contribution in [0.25, 0.3) is 0 Å². The first-order chi connectivity index (χ1) is 8.70. The van der Waals surface area contributed by atoms with Crippen LogP contribution in [0.2, 0.25) is 5.02 Å². The topological polar surface area (TPSA) is 32.3 Å². The van der Waals surface area contributed by atoms with E-state index in [1.54, 1.807) is 0 Å². The number of nitrogens with one attached hydrogen (secondary N) is 1. The van der Waals surface area contributed by atoms with Gasteiger partial charge in [-0.05, 0) is 37.0 Å². The minimum absolute atomic E-state index is 0. The van der Waals surface area contributed by atoms with Gasteiger partial charge in [0.05, 0.1) is 6.10 Å². The number of hydrogen-bond donors (Lipinski definition) is 2. The van der Waals surface area contributed by atoms with Gasteiger partial charge in [0.2, 0.25) is 0 Å². The molecule has 1 aromatic rings. The Labute approximate surface area is 127 Å². The summed E-state index contributed by atoms with van der Waals surface area (Å²) in [5.41, 5.74) is 0.914. The van der Waals surface area contributed by atoms with Gasteiger partial charge in [0.25, 0.3) is 0 Å². The van der Waals surface area contributed by atoms with Gasteiger partial charge < -0.3 is 10.4 Å². The quantitative estimate of drug-likeness (QED) is 0.877. The van der Waals surface area contributed by atoms with E-state index in [-0.39, 0.29) is 18.4 Å². The summed E-state index contributed by atoms with van der Waals surface area (Å²) in [7, 11) is 0. The summed E-state index contributed by atoms with van der Waals surface area (Å²) in [6.07, 6.45) is 5.39. The van der Waals surface area contributed by atoms with Crippen molar-refractivity contribution >= 4 is 24.0 Å². The van der Waals surface area contributed by atoms with Crippen molar-refractivity contribution in [3.05, 3.63) is 34.9 Å². The van der Waals surface area contributed by atoms with Crippen molar-refractivity contribution < 1.29 is 5.11 Å². The Morgan fingerprint density at radius 1 is 1.42 bits per heavy atom. The minimum atomic E-state index is -0.455. The molecule has 2 rings (SSSR count). The van der Waals surface area contributed by atoms with Crippen LogP contribution in [0.1, 0.15) is 50.7 Å². The number of aliphatic hydroxyl groups excluding tert-OH is 1. The maximum absolute atomic E-state index is 10.4. The Hall–Kier alpha value is -0.280. The summed E-state index contributed by atoms with van der Waals surface area (Å²) in [6, 6.07) is 8.26. The SMILES string of the molecule is CCC[C@H]1CCC[C@@H]([C@H](O)c2cccc(Cl)c2)N1.Cl. The molecule has 2 N–H and O–H groups in total. The molecule has 1 aliphatic rings. The van der Waals surface area contributed by atoms with Crippen LogP contribution in [-0.2, 0) is 0 Å². The van der Waals surface area contributed by atoms with Gasteiger partial charge in [-0.15, -0.1) is 12.4 Å². The predicted octanol–water partition coefficient (Wildman–Crippen LogP) is 4.11. The van der Waals surface area contributed by atoms with Gasteiger partial charge in [0, 0.05) is 17.1 Å². The van der Waals surface area contributed by atoms with Crippen LogP contribution in [0.4, 0.5) is 0 Å². The van der Waals surface area contributed by atoms with Crippen LogP contribution >= 0.6 is 24.0 Å². The van der Waals surface area contributed by atoms with Gasteiger partial charge in [-0.2, -0.15) is 0 Å². The van der Waals surface area contributed by atoms with Crippen molar-refractivity contribution in [1.82, 2.24) is 5.32 Å². The molecule has 0 bridgehead atoms. The molecule has 0 saturated carbocycles. The molecule has 0 radical (unpaired) electrons. The molecule has 2 nitrogen and oxygen atoms in total.